The predicted molar refractivity (Wildman–Crippen MR) is 130 cm³/mol. The molecule has 2 fully saturated rings. The number of benzene rings is 4. The lowest BCUT2D eigenvalue weighted by Crippen LogP contribution is -2.37. The van der Waals surface area contributed by atoms with Gasteiger partial charge in [0.1, 0.15) is 5.92 Å². The highest BCUT2D eigenvalue weighted by atomic mass is 16.7. The van der Waals surface area contributed by atoms with Crippen LogP contribution in [0.4, 0.5) is 17.1 Å². The van der Waals surface area contributed by atoms with Gasteiger partial charge in [0.05, 0.1) is 22.3 Å². The van der Waals surface area contributed by atoms with E-state index in [2.05, 4.69) is 0 Å². The van der Waals surface area contributed by atoms with Gasteiger partial charge in [-0.1, -0.05) is 66.7 Å². The molecule has 2 heterocycles. The molecule has 0 N–H and O–H groups in total. The highest BCUT2D eigenvalue weighted by Gasteiger charge is 2.60. The second-order valence-electron chi connectivity index (χ2n) is 8.52. The van der Waals surface area contributed by atoms with Gasteiger partial charge in [-0.05, 0) is 29.1 Å². The van der Waals surface area contributed by atoms with E-state index in [1.165, 1.54) is 17.0 Å². The van der Waals surface area contributed by atoms with Crippen LogP contribution in [0.1, 0.15) is 11.6 Å². The Hall–Kier alpha value is -4.56. The zero-order valence-electron chi connectivity index (χ0n) is 18.4. The van der Waals surface area contributed by atoms with Gasteiger partial charge in [-0.3, -0.25) is 24.5 Å². The summed E-state index contributed by atoms with van der Waals surface area (Å²) in [5.74, 6) is -1.61. The number of para-hydroxylation sites is 1. The van der Waals surface area contributed by atoms with Gasteiger partial charge in [-0.15, -0.1) is 0 Å². The number of imide groups is 1. The molecule has 0 radical (unpaired) electrons. The lowest BCUT2D eigenvalue weighted by molar-refractivity contribution is -0.384. The highest BCUT2D eigenvalue weighted by molar-refractivity contribution is 6.26. The van der Waals surface area contributed by atoms with E-state index in [1.54, 1.807) is 23.3 Å². The van der Waals surface area contributed by atoms with Crippen LogP contribution in [0.5, 0.6) is 0 Å². The van der Waals surface area contributed by atoms with E-state index >= 15 is 0 Å². The number of rotatable bonds is 4. The molecule has 2 saturated heterocycles. The molecule has 0 aliphatic carbocycles. The molecule has 35 heavy (non-hydrogen) atoms. The lowest BCUT2D eigenvalue weighted by atomic mass is 9.90. The minimum atomic E-state index is -1.01. The molecule has 4 aromatic carbocycles. The first kappa shape index (κ1) is 21.0. The maximum Gasteiger partial charge on any atom is 0.269 e. The number of hydrogen-bond acceptors (Lipinski definition) is 6. The Bertz CT molecular complexity index is 1470. The molecule has 2 amide bonds. The summed E-state index contributed by atoms with van der Waals surface area (Å²) in [5, 5.41) is 14.5. The number of amides is 2. The van der Waals surface area contributed by atoms with Crippen LogP contribution >= 0.6 is 0 Å². The molecule has 0 aromatic heterocycles. The Morgan fingerprint density at radius 3 is 2.20 bits per heavy atom. The normalized spacial score (nSPS) is 21.5. The SMILES string of the molecule is O=C1[C@@H]2[C@@H](ON(c3ccccc3)[C@H]2c2ccc([N+](=O)[O-])cc2)C(=O)N1c1cccc2ccccc12. The summed E-state index contributed by atoms with van der Waals surface area (Å²) in [7, 11) is 0. The minimum Gasteiger partial charge on any atom is -0.273 e. The number of fused-ring (bicyclic) bond motifs is 2. The van der Waals surface area contributed by atoms with E-state index in [0.717, 1.165) is 10.8 Å². The third-order valence-electron chi connectivity index (χ3n) is 6.58. The molecular weight excluding hydrogens is 446 g/mol. The van der Waals surface area contributed by atoms with Gasteiger partial charge < -0.3 is 0 Å². The number of nitro benzene ring substituents is 1. The average Bonchev–Trinajstić information content (AvgIpc) is 3.40. The number of carbonyl (C=O) groups is 2. The van der Waals surface area contributed by atoms with Gasteiger partial charge in [0, 0.05) is 17.5 Å². The van der Waals surface area contributed by atoms with Crippen molar-refractivity contribution in [1.29, 1.82) is 0 Å². The van der Waals surface area contributed by atoms with E-state index in [4.69, 9.17) is 4.84 Å². The minimum absolute atomic E-state index is 0.0540. The van der Waals surface area contributed by atoms with Crippen molar-refractivity contribution in [1.82, 2.24) is 0 Å². The van der Waals surface area contributed by atoms with Crippen LogP contribution in [-0.4, -0.2) is 22.8 Å². The average molecular weight is 465 g/mol. The van der Waals surface area contributed by atoms with Crippen molar-refractivity contribution in [2.75, 3.05) is 9.96 Å². The first-order valence-corrected chi connectivity index (χ1v) is 11.2. The predicted octanol–water partition coefficient (Wildman–Crippen LogP) is 4.80. The molecule has 3 atom stereocenters. The molecular formula is C27H19N3O5. The van der Waals surface area contributed by atoms with Crippen molar-refractivity contribution in [3.63, 3.8) is 0 Å². The largest absolute Gasteiger partial charge is 0.273 e. The monoisotopic (exact) mass is 465 g/mol. The van der Waals surface area contributed by atoms with Crippen molar-refractivity contribution in [2.24, 2.45) is 5.92 Å². The number of nitro groups is 1. The van der Waals surface area contributed by atoms with Crippen LogP contribution in [0, 0.1) is 16.0 Å². The Kier molecular flexibility index (Phi) is 4.82. The first-order valence-electron chi connectivity index (χ1n) is 11.2. The summed E-state index contributed by atoms with van der Waals surface area (Å²) in [6, 6.07) is 27.7. The number of nitrogens with zero attached hydrogens (tertiary/aromatic N) is 3. The Balaban J connectivity index is 1.45. The Morgan fingerprint density at radius 1 is 0.771 bits per heavy atom. The van der Waals surface area contributed by atoms with Crippen LogP contribution in [0.2, 0.25) is 0 Å². The smallest absolute Gasteiger partial charge is 0.269 e. The van der Waals surface area contributed by atoms with E-state index in [9.17, 15) is 19.7 Å². The summed E-state index contributed by atoms with van der Waals surface area (Å²) in [5.41, 5.74) is 1.79. The summed E-state index contributed by atoms with van der Waals surface area (Å²) >= 11 is 0. The fourth-order valence-corrected chi connectivity index (χ4v) is 4.99. The van der Waals surface area contributed by atoms with E-state index in [0.29, 0.717) is 16.9 Å². The standard InChI is InChI=1S/C27H19N3O5/c31-26-23-24(18-13-15-20(16-14-18)30(33)34)29(19-9-2-1-3-10-19)35-25(23)27(32)28(26)22-12-6-8-17-7-4-5-11-21(17)22/h1-16,23-25H/t23-,24-,25+/m0/s1. The molecule has 8 heteroatoms. The zero-order chi connectivity index (χ0) is 24.1. The number of hydrogen-bond donors (Lipinski definition) is 0. The van der Waals surface area contributed by atoms with E-state index in [-0.39, 0.29) is 11.6 Å². The fourth-order valence-electron chi connectivity index (χ4n) is 4.99. The number of anilines is 2. The molecule has 4 aromatic rings. The van der Waals surface area contributed by atoms with E-state index < -0.39 is 28.9 Å². The second-order valence-corrected chi connectivity index (χ2v) is 8.52. The zero-order valence-corrected chi connectivity index (χ0v) is 18.4. The van der Waals surface area contributed by atoms with Crippen LogP contribution in [0.3, 0.4) is 0 Å². The highest BCUT2D eigenvalue weighted by Crippen LogP contribution is 2.48. The fraction of sp³-hybridized carbons (Fsp3) is 0.111. The Labute approximate surface area is 200 Å². The number of non-ortho nitro benzene ring substituents is 1. The summed E-state index contributed by atoms with van der Waals surface area (Å²) in [6.45, 7) is 0. The Morgan fingerprint density at radius 2 is 1.46 bits per heavy atom. The molecule has 8 nitrogen and oxygen atoms in total. The summed E-state index contributed by atoms with van der Waals surface area (Å²) in [4.78, 5) is 45.5. The molecule has 2 aliphatic heterocycles. The van der Waals surface area contributed by atoms with Gasteiger partial charge >= 0.3 is 0 Å². The van der Waals surface area contributed by atoms with Gasteiger partial charge in [-0.2, -0.15) is 0 Å². The molecule has 0 unspecified atom stereocenters. The number of hydroxylamine groups is 1. The topological polar surface area (TPSA) is 93.0 Å². The van der Waals surface area contributed by atoms with Crippen LogP contribution in [0.15, 0.2) is 97.1 Å². The van der Waals surface area contributed by atoms with Crippen molar-refractivity contribution in [3.8, 4) is 0 Å². The molecule has 2 aliphatic rings. The van der Waals surface area contributed by atoms with Crippen LogP contribution in [-0.2, 0) is 14.4 Å². The van der Waals surface area contributed by atoms with Crippen LogP contribution in [0.25, 0.3) is 10.8 Å². The van der Waals surface area contributed by atoms with Gasteiger partial charge in [0.25, 0.3) is 11.6 Å². The van der Waals surface area contributed by atoms with Gasteiger partial charge in [0.2, 0.25) is 5.91 Å². The van der Waals surface area contributed by atoms with Crippen molar-refractivity contribution in [3.05, 3.63) is 113 Å². The molecule has 0 bridgehead atoms. The third kappa shape index (κ3) is 3.26. The van der Waals surface area contributed by atoms with Crippen molar-refractivity contribution in [2.45, 2.75) is 12.1 Å². The van der Waals surface area contributed by atoms with E-state index in [1.807, 2.05) is 66.7 Å². The number of carbonyl (C=O) groups excluding carboxylic acids is 2. The maximum atomic E-state index is 13.9. The van der Waals surface area contributed by atoms with Crippen molar-refractivity contribution < 1.29 is 19.3 Å². The van der Waals surface area contributed by atoms with Gasteiger partial charge in [-0.25, -0.2) is 9.96 Å². The second kappa shape index (κ2) is 8.03. The lowest BCUT2D eigenvalue weighted by Gasteiger charge is -2.29. The first-order chi connectivity index (χ1) is 17.0. The van der Waals surface area contributed by atoms with Crippen molar-refractivity contribution >= 4 is 39.6 Å². The summed E-state index contributed by atoms with van der Waals surface area (Å²) in [6.07, 6.45) is -1.01. The quantitative estimate of drug-likeness (QED) is 0.244. The molecule has 0 saturated carbocycles. The van der Waals surface area contributed by atoms with Gasteiger partial charge in [0.15, 0.2) is 6.10 Å². The van der Waals surface area contributed by atoms with Crippen LogP contribution < -0.4 is 9.96 Å². The molecule has 172 valence electrons. The maximum absolute atomic E-state index is 13.9. The molecule has 0 spiro atoms. The molecule has 6 rings (SSSR count). The third-order valence-corrected chi connectivity index (χ3v) is 6.58. The summed E-state index contributed by atoms with van der Waals surface area (Å²) < 4.78 is 0.